The maximum atomic E-state index is 14.6. The van der Waals surface area contributed by atoms with Crippen LogP contribution in [0.15, 0.2) is 63.9 Å². The second-order valence-corrected chi connectivity index (χ2v) is 12.0. The van der Waals surface area contributed by atoms with E-state index in [9.17, 15) is 23.6 Å². The van der Waals surface area contributed by atoms with Crippen molar-refractivity contribution < 1.29 is 23.2 Å². The second-order valence-electron chi connectivity index (χ2n) is 12.0. The van der Waals surface area contributed by atoms with Crippen LogP contribution in [0.1, 0.15) is 47.2 Å². The van der Waals surface area contributed by atoms with Crippen LogP contribution in [0.25, 0.3) is 11.0 Å². The minimum Gasteiger partial charge on any atom is -0.423 e. The molecule has 0 spiro atoms. The van der Waals surface area contributed by atoms with Gasteiger partial charge in [-0.1, -0.05) is 17.9 Å². The molecule has 0 saturated carbocycles. The first-order valence-electron chi connectivity index (χ1n) is 15.9. The van der Waals surface area contributed by atoms with Gasteiger partial charge in [-0.05, 0) is 61.3 Å². The highest BCUT2D eigenvalue weighted by molar-refractivity contribution is 6.05. The van der Waals surface area contributed by atoms with Crippen LogP contribution in [0, 0.1) is 17.7 Å². The molecule has 3 amide bonds. The largest absolute Gasteiger partial charge is 0.423 e. The molecular weight excluding hydrogens is 617 g/mol. The highest BCUT2D eigenvalue weighted by Gasteiger charge is 2.39. The van der Waals surface area contributed by atoms with Crippen LogP contribution in [0.5, 0.6) is 0 Å². The molecule has 244 valence electrons. The minimum absolute atomic E-state index is 0.0647. The van der Waals surface area contributed by atoms with Crippen molar-refractivity contribution >= 4 is 46.1 Å². The number of hydrogen-bond donors (Lipinski definition) is 2. The van der Waals surface area contributed by atoms with E-state index in [1.807, 2.05) is 17.0 Å². The normalized spacial score (nSPS) is 18.0. The van der Waals surface area contributed by atoms with Gasteiger partial charge in [0.25, 0.3) is 5.91 Å². The summed E-state index contributed by atoms with van der Waals surface area (Å²) in [6.07, 6.45) is 3.27. The third-order valence-electron chi connectivity index (χ3n) is 8.85. The van der Waals surface area contributed by atoms with Crippen LogP contribution in [0.2, 0.25) is 0 Å². The Morgan fingerprint density at radius 3 is 2.73 bits per heavy atom. The Morgan fingerprint density at radius 2 is 1.90 bits per heavy atom. The van der Waals surface area contributed by atoms with Gasteiger partial charge in [-0.3, -0.25) is 24.6 Å². The average Bonchev–Trinajstić information content (AvgIpc) is 3.42. The number of hydrogen-bond acceptors (Lipinski definition) is 10. The fourth-order valence-electron chi connectivity index (χ4n) is 6.31. The Balaban J connectivity index is 0.902. The van der Waals surface area contributed by atoms with Crippen molar-refractivity contribution in [3.05, 3.63) is 87.7 Å². The Bertz CT molecular complexity index is 2050. The fraction of sp³-hybridized carbons (Fsp3) is 0.314. The lowest BCUT2D eigenvalue weighted by Crippen LogP contribution is -2.52. The number of anilines is 3. The molecule has 12 nitrogen and oxygen atoms in total. The van der Waals surface area contributed by atoms with E-state index in [0.29, 0.717) is 60.6 Å². The summed E-state index contributed by atoms with van der Waals surface area (Å²) in [5.41, 5.74) is 2.78. The fourth-order valence-corrected chi connectivity index (χ4v) is 6.31. The molecule has 2 aromatic heterocycles. The molecule has 4 aromatic rings. The van der Waals surface area contributed by atoms with E-state index in [1.54, 1.807) is 35.2 Å². The first-order valence-corrected chi connectivity index (χ1v) is 15.9. The van der Waals surface area contributed by atoms with E-state index < -0.39 is 23.4 Å². The van der Waals surface area contributed by atoms with Gasteiger partial charge in [-0.25, -0.2) is 14.2 Å². The molecule has 3 aliphatic rings. The first-order chi connectivity index (χ1) is 23.3. The second kappa shape index (κ2) is 13.2. The summed E-state index contributed by atoms with van der Waals surface area (Å²) >= 11 is 0. The molecule has 0 aliphatic carbocycles. The molecule has 2 fully saturated rings. The van der Waals surface area contributed by atoms with E-state index in [0.717, 1.165) is 37.2 Å². The number of piperazine rings is 1. The third kappa shape index (κ3) is 6.47. The number of halogens is 1. The zero-order valence-corrected chi connectivity index (χ0v) is 26.0. The lowest BCUT2D eigenvalue weighted by molar-refractivity contribution is -0.136. The molecule has 2 N–H and O–H groups in total. The van der Waals surface area contributed by atoms with Crippen molar-refractivity contribution in [3.8, 4) is 11.8 Å². The van der Waals surface area contributed by atoms with Crippen molar-refractivity contribution in [1.82, 2.24) is 25.1 Å². The van der Waals surface area contributed by atoms with E-state index in [4.69, 9.17) is 4.42 Å². The summed E-state index contributed by atoms with van der Waals surface area (Å²) in [7, 11) is 0. The number of carbonyl (C=O) groups is 3. The monoisotopic (exact) mass is 649 g/mol. The standard InChI is InChI=1S/C35H32FN7O5/c36-27-20-37-35(40-32(27)38-24-9-11-29-23(19-24)8-13-31(45)48-29)42-17-15-41(16-18-42)14-3-1-2-5-22-6-4-7-25-26(22)21-43(34(25)47)28-10-12-30(44)39-33(28)46/h4,6-9,11,13,19-20,28H,1,3,10,12,14-18,21H2,(H,37,38,40)(H,39,44,46). The molecule has 7 rings (SSSR count). The SMILES string of the molecule is O=C1CCC(N2Cc3c(C#CCCCN4CCN(c5ncc(F)c(Nc6ccc7oc(=O)ccc7c6)n5)CC4)cccc3C2=O)C(=O)N1. The van der Waals surface area contributed by atoms with Gasteiger partial charge in [0.05, 0.1) is 6.20 Å². The number of nitrogens with one attached hydrogen (secondary N) is 2. The zero-order valence-electron chi connectivity index (χ0n) is 26.0. The van der Waals surface area contributed by atoms with Crippen LogP contribution < -0.4 is 21.2 Å². The Labute approximate surface area is 274 Å². The smallest absolute Gasteiger partial charge is 0.336 e. The summed E-state index contributed by atoms with van der Waals surface area (Å²) in [6.45, 7) is 4.17. The van der Waals surface area contributed by atoms with Crippen LogP contribution in [0.3, 0.4) is 0 Å². The van der Waals surface area contributed by atoms with Crippen LogP contribution in [-0.4, -0.2) is 76.3 Å². The van der Waals surface area contributed by atoms with Crippen LogP contribution in [-0.2, 0) is 16.1 Å². The van der Waals surface area contributed by atoms with Gasteiger partial charge in [0, 0.05) is 73.8 Å². The van der Waals surface area contributed by atoms with Crippen molar-refractivity contribution in [2.45, 2.75) is 38.3 Å². The Hall–Kier alpha value is -5.61. The van der Waals surface area contributed by atoms with Gasteiger partial charge >= 0.3 is 5.63 Å². The highest BCUT2D eigenvalue weighted by Crippen LogP contribution is 2.30. The summed E-state index contributed by atoms with van der Waals surface area (Å²) in [5.74, 6) is 5.48. The summed E-state index contributed by atoms with van der Waals surface area (Å²) in [4.78, 5) is 63.1. The number of imide groups is 1. The van der Waals surface area contributed by atoms with E-state index in [1.165, 1.54) is 12.3 Å². The van der Waals surface area contributed by atoms with Gasteiger partial charge in [0.15, 0.2) is 11.6 Å². The lowest BCUT2D eigenvalue weighted by atomic mass is 10.0. The van der Waals surface area contributed by atoms with Crippen molar-refractivity contribution in [1.29, 1.82) is 0 Å². The molecule has 13 heteroatoms. The number of nitrogens with zero attached hydrogens (tertiary/aromatic N) is 5. The number of unbranched alkanes of at least 4 members (excludes halogenated alkanes) is 1. The Kier molecular flexibility index (Phi) is 8.56. The predicted octanol–water partition coefficient (Wildman–Crippen LogP) is 3.18. The molecule has 48 heavy (non-hydrogen) atoms. The van der Waals surface area contributed by atoms with Crippen molar-refractivity contribution in [2.75, 3.05) is 42.9 Å². The molecule has 2 saturated heterocycles. The molecular formula is C35H32FN7O5. The predicted molar refractivity (Wildman–Crippen MR) is 175 cm³/mol. The number of benzene rings is 2. The summed E-state index contributed by atoms with van der Waals surface area (Å²) in [6, 6.07) is 12.9. The van der Waals surface area contributed by atoms with E-state index >= 15 is 0 Å². The first kappa shape index (κ1) is 31.0. The number of aromatic nitrogens is 2. The van der Waals surface area contributed by atoms with E-state index in [-0.39, 0.29) is 24.1 Å². The van der Waals surface area contributed by atoms with Gasteiger partial charge in [0.2, 0.25) is 17.8 Å². The third-order valence-corrected chi connectivity index (χ3v) is 8.85. The molecule has 2 aromatic carbocycles. The molecule has 0 radical (unpaired) electrons. The number of rotatable bonds is 7. The van der Waals surface area contributed by atoms with Gasteiger partial charge < -0.3 is 19.5 Å². The maximum Gasteiger partial charge on any atom is 0.336 e. The quantitative estimate of drug-likeness (QED) is 0.133. The topological polar surface area (TPSA) is 141 Å². The minimum atomic E-state index is -0.652. The van der Waals surface area contributed by atoms with Gasteiger partial charge in [-0.2, -0.15) is 4.98 Å². The van der Waals surface area contributed by atoms with Gasteiger partial charge in [-0.15, -0.1) is 0 Å². The molecule has 1 unspecified atom stereocenters. The highest BCUT2D eigenvalue weighted by atomic mass is 19.1. The summed E-state index contributed by atoms with van der Waals surface area (Å²) in [5, 5.41) is 6.05. The van der Waals surface area contributed by atoms with Crippen LogP contribution >= 0.6 is 0 Å². The van der Waals surface area contributed by atoms with Crippen molar-refractivity contribution in [2.24, 2.45) is 0 Å². The zero-order chi connectivity index (χ0) is 33.2. The average molecular weight is 650 g/mol. The molecule has 1 atom stereocenters. The molecule has 0 bridgehead atoms. The van der Waals surface area contributed by atoms with E-state index in [2.05, 4.69) is 37.3 Å². The number of carbonyl (C=O) groups excluding carboxylic acids is 3. The van der Waals surface area contributed by atoms with Crippen molar-refractivity contribution in [3.63, 3.8) is 0 Å². The lowest BCUT2D eigenvalue weighted by Gasteiger charge is -2.34. The number of piperidine rings is 1. The number of amides is 3. The molecule has 5 heterocycles. The molecule has 3 aliphatic heterocycles. The van der Waals surface area contributed by atoms with Gasteiger partial charge in [0.1, 0.15) is 11.6 Å². The Morgan fingerprint density at radius 1 is 1.04 bits per heavy atom. The van der Waals surface area contributed by atoms with Crippen LogP contribution in [0.4, 0.5) is 21.8 Å². The summed E-state index contributed by atoms with van der Waals surface area (Å²) < 4.78 is 19.8. The maximum absolute atomic E-state index is 14.6. The number of fused-ring (bicyclic) bond motifs is 2.